The average Bonchev–Trinajstić information content (AvgIpc) is 3.36. The third-order valence-electron chi connectivity index (χ3n) is 5.02. The second-order valence-corrected chi connectivity index (χ2v) is 7.15. The van der Waals surface area contributed by atoms with Crippen LogP contribution in [0.3, 0.4) is 0 Å². The molecular weight excluding hydrogens is 398 g/mol. The monoisotopic (exact) mass is 415 g/mol. The first kappa shape index (κ1) is 18.7. The Hall–Kier alpha value is -4.34. The van der Waals surface area contributed by atoms with E-state index in [1.165, 1.54) is 6.07 Å². The van der Waals surface area contributed by atoms with Gasteiger partial charge in [-0.15, -0.1) is 5.10 Å². The van der Waals surface area contributed by atoms with Crippen molar-refractivity contribution in [3.63, 3.8) is 0 Å². The summed E-state index contributed by atoms with van der Waals surface area (Å²) in [5.74, 6) is 1.15. The molecule has 0 aliphatic rings. The van der Waals surface area contributed by atoms with Gasteiger partial charge < -0.3 is 4.74 Å². The molecule has 0 fully saturated rings. The fraction of sp³-hybridized carbons (Fsp3) is 0.143. The van der Waals surface area contributed by atoms with E-state index < -0.39 is 4.92 Å². The number of hydrogen-bond donors (Lipinski definition) is 0. The van der Waals surface area contributed by atoms with Gasteiger partial charge in [-0.25, -0.2) is 14.5 Å². The summed E-state index contributed by atoms with van der Waals surface area (Å²) in [4.78, 5) is 19.6. The predicted octanol–water partition coefficient (Wildman–Crippen LogP) is 3.47. The fourth-order valence-electron chi connectivity index (χ4n) is 3.45. The highest BCUT2D eigenvalue weighted by molar-refractivity contribution is 5.89. The summed E-state index contributed by atoms with van der Waals surface area (Å²) in [6, 6.07) is 12.5. The van der Waals surface area contributed by atoms with Gasteiger partial charge in [0.15, 0.2) is 17.1 Å². The van der Waals surface area contributed by atoms with E-state index in [2.05, 4.69) is 20.2 Å². The molecule has 5 aromatic rings. The second kappa shape index (κ2) is 7.17. The lowest BCUT2D eigenvalue weighted by molar-refractivity contribution is -0.385. The van der Waals surface area contributed by atoms with Crippen molar-refractivity contribution < 1.29 is 9.66 Å². The molecule has 0 N–H and O–H groups in total. The van der Waals surface area contributed by atoms with Crippen molar-refractivity contribution in [2.75, 3.05) is 0 Å². The minimum Gasteiger partial charge on any atom is -0.489 e. The minimum absolute atomic E-state index is 0.0736. The number of nitro groups is 1. The van der Waals surface area contributed by atoms with E-state index in [0.29, 0.717) is 29.4 Å². The first-order valence-corrected chi connectivity index (χ1v) is 9.50. The lowest BCUT2D eigenvalue weighted by atomic mass is 10.1. The van der Waals surface area contributed by atoms with E-state index in [-0.39, 0.29) is 5.69 Å². The van der Waals surface area contributed by atoms with E-state index >= 15 is 0 Å². The van der Waals surface area contributed by atoms with Crippen LogP contribution in [0.5, 0.6) is 5.75 Å². The Balaban J connectivity index is 1.41. The molecule has 0 amide bonds. The molecule has 0 bridgehead atoms. The van der Waals surface area contributed by atoms with Gasteiger partial charge >= 0.3 is 0 Å². The van der Waals surface area contributed by atoms with Crippen LogP contribution in [0.4, 0.5) is 5.69 Å². The molecule has 31 heavy (non-hydrogen) atoms. The molecule has 3 aromatic heterocycles. The first-order valence-electron chi connectivity index (χ1n) is 9.50. The van der Waals surface area contributed by atoms with Crippen LogP contribution in [0.1, 0.15) is 11.1 Å². The zero-order valence-corrected chi connectivity index (χ0v) is 16.8. The summed E-state index contributed by atoms with van der Waals surface area (Å²) >= 11 is 0. The summed E-state index contributed by atoms with van der Waals surface area (Å²) in [6.07, 6.45) is 3.35. The van der Waals surface area contributed by atoms with Crippen LogP contribution < -0.4 is 4.74 Å². The van der Waals surface area contributed by atoms with Gasteiger partial charge in [0.05, 0.1) is 16.5 Å². The summed E-state index contributed by atoms with van der Waals surface area (Å²) in [5, 5.41) is 20.6. The van der Waals surface area contributed by atoms with Gasteiger partial charge in [0.25, 0.3) is 5.69 Å². The number of rotatable bonds is 5. The molecule has 154 valence electrons. The van der Waals surface area contributed by atoms with Crippen molar-refractivity contribution in [1.29, 1.82) is 0 Å². The van der Waals surface area contributed by atoms with Crippen molar-refractivity contribution in [1.82, 2.24) is 29.4 Å². The van der Waals surface area contributed by atoms with Crippen LogP contribution >= 0.6 is 0 Å². The van der Waals surface area contributed by atoms with Gasteiger partial charge in [0, 0.05) is 24.2 Å². The molecule has 0 spiro atoms. The van der Waals surface area contributed by atoms with Crippen LogP contribution in [0.2, 0.25) is 0 Å². The highest BCUT2D eigenvalue weighted by Gasteiger charge is 2.13. The van der Waals surface area contributed by atoms with Gasteiger partial charge in [0.1, 0.15) is 18.7 Å². The summed E-state index contributed by atoms with van der Waals surface area (Å²) in [6.45, 7) is 2.00. The quantitative estimate of drug-likeness (QED) is 0.319. The van der Waals surface area contributed by atoms with Gasteiger partial charge in [-0.2, -0.15) is 5.10 Å². The van der Waals surface area contributed by atoms with Crippen molar-refractivity contribution in [3.05, 3.63) is 76.2 Å². The number of nitro benzene ring substituents is 1. The van der Waals surface area contributed by atoms with Crippen molar-refractivity contribution in [2.24, 2.45) is 7.05 Å². The van der Waals surface area contributed by atoms with Crippen LogP contribution in [0.15, 0.2) is 55.0 Å². The maximum Gasteiger partial charge on any atom is 0.272 e. The number of nitrogens with zero attached hydrogens (tertiary/aromatic N) is 7. The molecule has 0 radical (unpaired) electrons. The lowest BCUT2D eigenvalue weighted by Gasteiger charge is -2.08. The van der Waals surface area contributed by atoms with Gasteiger partial charge in [-0.05, 0) is 30.7 Å². The van der Waals surface area contributed by atoms with E-state index in [4.69, 9.17) is 4.74 Å². The topological polar surface area (TPSA) is 113 Å². The van der Waals surface area contributed by atoms with E-state index in [0.717, 1.165) is 22.2 Å². The van der Waals surface area contributed by atoms with Crippen molar-refractivity contribution >= 4 is 22.4 Å². The Morgan fingerprint density at radius 1 is 1.16 bits per heavy atom. The first-order chi connectivity index (χ1) is 15.0. The molecule has 0 aliphatic heterocycles. The number of aryl methyl sites for hydroxylation is 2. The highest BCUT2D eigenvalue weighted by atomic mass is 16.6. The second-order valence-electron chi connectivity index (χ2n) is 7.15. The third-order valence-corrected chi connectivity index (χ3v) is 5.02. The standard InChI is InChI=1S/C21H17N7O3/c1-13-8-16(6-7-18(13)28(29)30)31-11-14-4-3-5-15(9-14)19-24-21-17-10-23-26(2)20(17)22-12-27(21)25-19/h3-10,12H,11H2,1-2H3. The summed E-state index contributed by atoms with van der Waals surface area (Å²) in [5.41, 5.74) is 3.84. The molecule has 0 saturated carbocycles. The van der Waals surface area contributed by atoms with E-state index in [1.54, 1.807) is 40.8 Å². The molecule has 3 heterocycles. The van der Waals surface area contributed by atoms with Gasteiger partial charge in [-0.3, -0.25) is 14.8 Å². The van der Waals surface area contributed by atoms with Crippen LogP contribution in [0, 0.1) is 17.0 Å². The van der Waals surface area contributed by atoms with Crippen LogP contribution in [0.25, 0.3) is 28.1 Å². The Morgan fingerprint density at radius 3 is 2.84 bits per heavy atom. The average molecular weight is 415 g/mol. The maximum atomic E-state index is 11.0. The Bertz CT molecular complexity index is 1450. The molecule has 10 heteroatoms. The van der Waals surface area contributed by atoms with E-state index in [9.17, 15) is 10.1 Å². The highest BCUT2D eigenvalue weighted by Crippen LogP contribution is 2.25. The zero-order chi connectivity index (χ0) is 21.5. The number of hydrogen-bond acceptors (Lipinski definition) is 7. The number of aromatic nitrogens is 6. The Labute approximate surface area is 175 Å². The number of ether oxygens (including phenoxy) is 1. The minimum atomic E-state index is -0.404. The largest absolute Gasteiger partial charge is 0.489 e. The molecule has 0 aliphatic carbocycles. The van der Waals surface area contributed by atoms with Crippen LogP contribution in [-0.2, 0) is 13.7 Å². The summed E-state index contributed by atoms with van der Waals surface area (Å²) in [7, 11) is 1.83. The van der Waals surface area contributed by atoms with Crippen molar-refractivity contribution in [3.8, 4) is 17.1 Å². The lowest BCUT2D eigenvalue weighted by Crippen LogP contribution is -1.98. The Kier molecular flexibility index (Phi) is 4.32. The third kappa shape index (κ3) is 3.33. The molecule has 0 saturated heterocycles. The molecule has 0 atom stereocenters. The number of fused-ring (bicyclic) bond motifs is 3. The molecule has 10 nitrogen and oxygen atoms in total. The van der Waals surface area contributed by atoms with Crippen molar-refractivity contribution in [2.45, 2.75) is 13.5 Å². The normalized spacial score (nSPS) is 11.3. The van der Waals surface area contributed by atoms with Crippen LogP contribution in [-0.4, -0.2) is 34.3 Å². The molecular formula is C21H17N7O3. The number of benzene rings is 2. The predicted molar refractivity (Wildman–Crippen MR) is 113 cm³/mol. The smallest absolute Gasteiger partial charge is 0.272 e. The summed E-state index contributed by atoms with van der Waals surface area (Å²) < 4.78 is 9.17. The fourth-order valence-corrected chi connectivity index (χ4v) is 3.45. The Morgan fingerprint density at radius 2 is 2.03 bits per heavy atom. The van der Waals surface area contributed by atoms with Gasteiger partial charge in [0.2, 0.25) is 0 Å². The van der Waals surface area contributed by atoms with E-state index in [1.807, 2.05) is 31.3 Å². The van der Waals surface area contributed by atoms with Gasteiger partial charge in [-0.1, -0.05) is 18.2 Å². The SMILES string of the molecule is Cc1cc(OCc2cccc(-c3nc4c5cnn(C)c5ncn4n3)c2)ccc1[N+](=O)[O-]. The maximum absolute atomic E-state index is 11.0. The molecule has 5 rings (SSSR count). The molecule has 2 aromatic carbocycles. The zero-order valence-electron chi connectivity index (χ0n) is 16.8. The molecule has 0 unspecified atom stereocenters.